The quantitative estimate of drug-likeness (QED) is 0.138. The number of carbonyl (C=O) groups is 6. The molecule has 5 rings (SSSR count). The second-order valence-electron chi connectivity index (χ2n) is 13.3. The van der Waals surface area contributed by atoms with Gasteiger partial charge >= 0.3 is 11.9 Å². The Kier molecular flexibility index (Phi) is 10.0. The summed E-state index contributed by atoms with van der Waals surface area (Å²) in [5.41, 5.74) is 6.70. The molecule has 3 heterocycles. The van der Waals surface area contributed by atoms with Gasteiger partial charge in [0.1, 0.15) is 53.1 Å². The smallest absolute Gasteiger partial charge is 0.327 e. The third-order valence-corrected chi connectivity index (χ3v) is 11.9. The third kappa shape index (κ3) is 7.05. The van der Waals surface area contributed by atoms with Crippen LogP contribution in [0.5, 0.6) is 11.5 Å². The van der Waals surface area contributed by atoms with E-state index in [1.165, 1.54) is 65.2 Å². The molecule has 2 aromatic rings. The van der Waals surface area contributed by atoms with Crippen LogP contribution in [-0.4, -0.2) is 105 Å². The number of carboxylic acid groups (broad SMARTS) is 2. The maximum absolute atomic E-state index is 14.2. The number of benzene rings is 2. The first-order valence-electron chi connectivity index (χ1n) is 15.5. The molecule has 3 aliphatic rings. The summed E-state index contributed by atoms with van der Waals surface area (Å²) in [4.78, 5) is 79.9. The molecule has 0 saturated carbocycles. The molecule has 8 atom stereocenters. The lowest BCUT2D eigenvalue weighted by atomic mass is 9.95. The van der Waals surface area contributed by atoms with Gasteiger partial charge < -0.3 is 47.0 Å². The van der Waals surface area contributed by atoms with E-state index >= 15 is 0 Å². The largest absolute Gasteiger partial charge is 0.508 e. The molecule has 4 amide bonds. The van der Waals surface area contributed by atoms with Crippen LogP contribution in [0.1, 0.15) is 50.9 Å². The summed E-state index contributed by atoms with van der Waals surface area (Å²) in [5.74, 6) is -5.70. The second kappa shape index (κ2) is 13.7. The normalized spacial score (nSPS) is 26.5. The number of β-lactam (4-membered cyclic amide) rings is 1. The van der Waals surface area contributed by atoms with Gasteiger partial charge in [0.15, 0.2) is 0 Å². The van der Waals surface area contributed by atoms with E-state index in [0.29, 0.717) is 5.56 Å². The molecule has 18 heteroatoms. The Balaban J connectivity index is 1.42. The summed E-state index contributed by atoms with van der Waals surface area (Å²) in [6.45, 7) is 6.69. The van der Waals surface area contributed by atoms with Crippen LogP contribution in [0.15, 0.2) is 48.5 Å². The minimum atomic E-state index is -1.49. The molecule has 2 aromatic carbocycles. The molecule has 3 saturated heterocycles. The van der Waals surface area contributed by atoms with Crippen molar-refractivity contribution in [2.75, 3.05) is 0 Å². The van der Waals surface area contributed by atoms with Gasteiger partial charge in [-0.1, -0.05) is 24.3 Å². The summed E-state index contributed by atoms with van der Waals surface area (Å²) < 4.78 is -1.79. The Bertz CT molecular complexity index is 1710. The molecule has 0 bridgehead atoms. The molecular weight excluding hydrogens is 693 g/mol. The monoisotopic (exact) mass is 730 g/mol. The van der Waals surface area contributed by atoms with Gasteiger partial charge in [-0.2, -0.15) is 0 Å². The fourth-order valence-electron chi connectivity index (χ4n) is 6.26. The maximum atomic E-state index is 14.2. The van der Waals surface area contributed by atoms with Crippen molar-refractivity contribution in [2.45, 2.75) is 84.2 Å². The van der Waals surface area contributed by atoms with Crippen molar-refractivity contribution in [3.8, 4) is 11.5 Å². The number of nitrogens with zero attached hydrogens (tertiary/aromatic N) is 1. The summed E-state index contributed by atoms with van der Waals surface area (Å²) in [7, 11) is 0. The summed E-state index contributed by atoms with van der Waals surface area (Å²) in [5, 5.41) is 48.2. The third-order valence-electron chi connectivity index (χ3n) is 8.87. The van der Waals surface area contributed by atoms with E-state index in [9.17, 15) is 49.2 Å². The number of fused-ring (bicyclic) bond motifs is 1. The SMILES string of the molecule is CC1(C)S[C@@H]2[C@H](NC(=O)[C@H](NC(=O)[C@@H](NC(=O)[C@H](N)c3ccc(O)cc3)[C@H]3N[C@@H](C(=O)O)C(C)(C)S3)c3ccc(O)cc3)C(=O)N2[C@H]1C(=O)O. The first kappa shape index (κ1) is 36.8. The highest BCUT2D eigenvalue weighted by molar-refractivity contribution is 8.02. The highest BCUT2D eigenvalue weighted by Gasteiger charge is 2.64. The molecule has 0 aliphatic carbocycles. The van der Waals surface area contributed by atoms with Crippen LogP contribution in [0.25, 0.3) is 0 Å². The average Bonchev–Trinajstić information content (AvgIpc) is 3.51. The number of hydrogen-bond donors (Lipinski definition) is 9. The van der Waals surface area contributed by atoms with Crippen LogP contribution in [-0.2, 0) is 28.8 Å². The minimum Gasteiger partial charge on any atom is -0.508 e. The Hall–Kier alpha value is -4.52. The van der Waals surface area contributed by atoms with E-state index in [4.69, 9.17) is 5.73 Å². The van der Waals surface area contributed by atoms with E-state index in [1.807, 2.05) is 0 Å². The van der Waals surface area contributed by atoms with Crippen LogP contribution < -0.4 is 27.0 Å². The molecular formula is C32H38N6O10S2. The molecule has 10 N–H and O–H groups in total. The number of phenolic OH excluding ortho intramolecular Hbond substituents is 2. The van der Waals surface area contributed by atoms with Crippen LogP contribution in [0.2, 0.25) is 0 Å². The maximum Gasteiger partial charge on any atom is 0.327 e. The van der Waals surface area contributed by atoms with Crippen molar-refractivity contribution in [1.82, 2.24) is 26.2 Å². The fourth-order valence-corrected chi connectivity index (χ4v) is 9.38. The number of phenols is 2. The number of nitrogens with two attached hydrogens (primary N) is 1. The molecule has 3 fully saturated rings. The van der Waals surface area contributed by atoms with Gasteiger partial charge in [0.25, 0.3) is 0 Å². The Morgan fingerprint density at radius 2 is 1.36 bits per heavy atom. The number of aromatic hydroxyl groups is 2. The van der Waals surface area contributed by atoms with Crippen LogP contribution in [0, 0.1) is 0 Å². The summed E-state index contributed by atoms with van der Waals surface area (Å²) in [6.07, 6.45) is 0. The number of rotatable bonds is 11. The number of nitrogens with one attached hydrogen (secondary N) is 4. The topological polar surface area (TPSA) is 261 Å². The van der Waals surface area contributed by atoms with E-state index < -0.39 is 92.1 Å². The van der Waals surface area contributed by atoms with E-state index in [1.54, 1.807) is 27.7 Å². The molecule has 16 nitrogen and oxygen atoms in total. The zero-order chi connectivity index (χ0) is 36.9. The van der Waals surface area contributed by atoms with Gasteiger partial charge in [0, 0.05) is 9.49 Å². The standard InChI is InChI=1S/C32H38N6O10S2/c1-31(2)21(29(45)46)37-26(49-31)19(35-23(41)17(33)13-5-9-15(39)10-6-13)25(43)34-18(14-7-11-16(40)12-8-14)24(42)36-20-27(44)38-22(30(47)48)32(3,4)50-28(20)38/h5-12,17-22,26,28,37,39-40H,33H2,1-4H3,(H,34,43)(H,35,41)(H,36,42)(H,45,46)(H,47,48)/t17-,18-,19-,20-,21+,22+,26+,28-/m1/s1. The highest BCUT2D eigenvalue weighted by atomic mass is 32.2. The van der Waals surface area contributed by atoms with Gasteiger partial charge in [-0.15, -0.1) is 23.5 Å². The molecule has 0 radical (unpaired) electrons. The van der Waals surface area contributed by atoms with Crippen molar-refractivity contribution in [3.63, 3.8) is 0 Å². The summed E-state index contributed by atoms with van der Waals surface area (Å²) in [6, 6.07) is 3.24. The first-order valence-corrected chi connectivity index (χ1v) is 17.2. The van der Waals surface area contributed by atoms with Gasteiger partial charge in [0.05, 0.1) is 5.37 Å². The molecule has 0 unspecified atom stereocenters. The Morgan fingerprint density at radius 3 is 1.88 bits per heavy atom. The van der Waals surface area contributed by atoms with Crippen molar-refractivity contribution in [2.24, 2.45) is 5.73 Å². The second-order valence-corrected chi connectivity index (χ2v) is 16.8. The number of carboxylic acids is 2. The predicted octanol–water partition coefficient (Wildman–Crippen LogP) is -0.0341. The van der Waals surface area contributed by atoms with Crippen molar-refractivity contribution in [3.05, 3.63) is 59.7 Å². The Morgan fingerprint density at radius 1 is 0.800 bits per heavy atom. The number of carbonyl (C=O) groups excluding carboxylic acids is 4. The first-order chi connectivity index (χ1) is 23.3. The zero-order valence-electron chi connectivity index (χ0n) is 27.3. The zero-order valence-corrected chi connectivity index (χ0v) is 29.0. The van der Waals surface area contributed by atoms with E-state index in [-0.39, 0.29) is 17.1 Å². The molecule has 268 valence electrons. The number of amides is 4. The minimum absolute atomic E-state index is 0.0566. The van der Waals surface area contributed by atoms with Gasteiger partial charge in [-0.3, -0.25) is 29.3 Å². The van der Waals surface area contributed by atoms with Crippen LogP contribution in [0.3, 0.4) is 0 Å². The van der Waals surface area contributed by atoms with Gasteiger partial charge in [-0.25, -0.2) is 4.79 Å². The predicted molar refractivity (Wildman–Crippen MR) is 182 cm³/mol. The summed E-state index contributed by atoms with van der Waals surface area (Å²) >= 11 is 2.31. The fraction of sp³-hybridized carbons (Fsp3) is 0.438. The van der Waals surface area contributed by atoms with E-state index in [0.717, 1.165) is 11.8 Å². The molecule has 3 aliphatic heterocycles. The van der Waals surface area contributed by atoms with Gasteiger partial charge in [0.2, 0.25) is 23.6 Å². The van der Waals surface area contributed by atoms with Crippen LogP contribution in [0.4, 0.5) is 0 Å². The number of hydrogen-bond acceptors (Lipinski definition) is 12. The van der Waals surface area contributed by atoms with Crippen LogP contribution >= 0.6 is 23.5 Å². The van der Waals surface area contributed by atoms with Gasteiger partial charge in [-0.05, 0) is 63.1 Å². The number of aliphatic carboxylic acids is 2. The average molecular weight is 731 g/mol. The molecule has 0 spiro atoms. The van der Waals surface area contributed by atoms with Crippen molar-refractivity contribution < 1.29 is 49.2 Å². The highest BCUT2D eigenvalue weighted by Crippen LogP contribution is 2.51. The lowest BCUT2D eigenvalue weighted by Crippen LogP contribution is -2.71. The van der Waals surface area contributed by atoms with Crippen molar-refractivity contribution in [1.29, 1.82) is 0 Å². The molecule has 50 heavy (non-hydrogen) atoms. The van der Waals surface area contributed by atoms with Crippen molar-refractivity contribution >= 4 is 59.1 Å². The Labute approximate surface area is 294 Å². The number of thioether (sulfide) groups is 2. The lowest BCUT2D eigenvalue weighted by molar-refractivity contribution is -0.161. The molecule has 0 aromatic heterocycles. The van der Waals surface area contributed by atoms with E-state index in [2.05, 4.69) is 21.3 Å². The lowest BCUT2D eigenvalue weighted by Gasteiger charge is -2.44.